The van der Waals surface area contributed by atoms with Crippen molar-refractivity contribution in [3.05, 3.63) is 35.4 Å². The van der Waals surface area contributed by atoms with Crippen LogP contribution in [0.1, 0.15) is 43.1 Å². The topological polar surface area (TPSA) is 52.6 Å². The van der Waals surface area contributed by atoms with E-state index in [1.807, 2.05) is 38.1 Å². The maximum absolute atomic E-state index is 11.2. The number of nitrogens with zero attached hydrogens (tertiary/aromatic N) is 1. The fourth-order valence-electron chi connectivity index (χ4n) is 2.67. The monoisotopic (exact) mass is 306 g/mol. The minimum atomic E-state index is 0.114. The van der Waals surface area contributed by atoms with Gasteiger partial charge in [-0.15, -0.1) is 0 Å². The number of aryl methyl sites for hydroxylation is 1. The van der Waals surface area contributed by atoms with Crippen LogP contribution in [0.3, 0.4) is 0 Å². The molecule has 0 bridgehead atoms. The Morgan fingerprint density at radius 1 is 1.32 bits per heavy atom. The summed E-state index contributed by atoms with van der Waals surface area (Å²) in [6, 6.07) is 8.14. The average Bonchev–Trinajstić information content (AvgIpc) is 2.57. The van der Waals surface area contributed by atoms with Crippen molar-refractivity contribution in [1.29, 1.82) is 0 Å². The summed E-state index contributed by atoms with van der Waals surface area (Å²) in [4.78, 5) is 13.6. The standard InChI is InChI=1S/C16H24N2O2.C2H6/c1-13(20)15-6-4-14(5-7-15)3-2-9-18-10-8-17-11-16(18)12-19;1-2/h4-7,16-17,19H,2-3,8-12H2,1H3;1-2H3. The van der Waals surface area contributed by atoms with E-state index in [1.54, 1.807) is 6.92 Å². The lowest BCUT2D eigenvalue weighted by atomic mass is 10.0. The highest BCUT2D eigenvalue weighted by atomic mass is 16.3. The van der Waals surface area contributed by atoms with Crippen LogP contribution in [-0.4, -0.2) is 54.6 Å². The Kier molecular flexibility index (Phi) is 8.97. The molecule has 0 amide bonds. The first kappa shape index (κ1) is 18.8. The Morgan fingerprint density at radius 2 is 2.00 bits per heavy atom. The minimum Gasteiger partial charge on any atom is -0.395 e. The normalized spacial score (nSPS) is 18.5. The predicted molar refractivity (Wildman–Crippen MR) is 91.4 cm³/mol. The molecule has 1 heterocycles. The zero-order chi connectivity index (χ0) is 16.4. The number of aliphatic hydroxyl groups excluding tert-OH is 1. The molecule has 1 aliphatic rings. The lowest BCUT2D eigenvalue weighted by Crippen LogP contribution is -2.53. The van der Waals surface area contributed by atoms with Gasteiger partial charge in [-0.1, -0.05) is 38.1 Å². The lowest BCUT2D eigenvalue weighted by Gasteiger charge is -2.35. The first-order chi connectivity index (χ1) is 10.7. The molecule has 2 rings (SSSR count). The molecule has 124 valence electrons. The Bertz CT molecular complexity index is 431. The van der Waals surface area contributed by atoms with Crippen molar-refractivity contribution in [3.8, 4) is 0 Å². The van der Waals surface area contributed by atoms with Crippen LogP contribution >= 0.6 is 0 Å². The van der Waals surface area contributed by atoms with E-state index >= 15 is 0 Å². The van der Waals surface area contributed by atoms with Gasteiger partial charge >= 0.3 is 0 Å². The second-order valence-corrected chi connectivity index (χ2v) is 5.43. The van der Waals surface area contributed by atoms with E-state index < -0.39 is 0 Å². The molecule has 2 N–H and O–H groups in total. The molecule has 0 saturated carbocycles. The van der Waals surface area contributed by atoms with Gasteiger partial charge in [0.05, 0.1) is 6.61 Å². The van der Waals surface area contributed by atoms with Crippen molar-refractivity contribution < 1.29 is 9.90 Å². The number of benzene rings is 1. The quantitative estimate of drug-likeness (QED) is 0.791. The van der Waals surface area contributed by atoms with Gasteiger partial charge in [0.2, 0.25) is 0 Å². The average molecular weight is 306 g/mol. The van der Waals surface area contributed by atoms with Crippen LogP contribution in [0.5, 0.6) is 0 Å². The molecule has 22 heavy (non-hydrogen) atoms. The fraction of sp³-hybridized carbons (Fsp3) is 0.611. The third-order valence-electron chi connectivity index (χ3n) is 3.95. The first-order valence-electron chi connectivity index (χ1n) is 8.36. The van der Waals surface area contributed by atoms with Crippen LogP contribution in [-0.2, 0) is 6.42 Å². The fourth-order valence-corrected chi connectivity index (χ4v) is 2.67. The van der Waals surface area contributed by atoms with Crippen molar-refractivity contribution >= 4 is 5.78 Å². The molecular formula is C18H30N2O2. The van der Waals surface area contributed by atoms with Crippen molar-refractivity contribution in [3.63, 3.8) is 0 Å². The maximum Gasteiger partial charge on any atom is 0.159 e. The van der Waals surface area contributed by atoms with Gasteiger partial charge in [-0.3, -0.25) is 9.69 Å². The second kappa shape index (κ2) is 10.5. The summed E-state index contributed by atoms with van der Waals surface area (Å²) in [6.07, 6.45) is 2.09. The number of piperazine rings is 1. The second-order valence-electron chi connectivity index (χ2n) is 5.43. The van der Waals surface area contributed by atoms with Gasteiger partial charge in [0.1, 0.15) is 0 Å². The maximum atomic E-state index is 11.2. The van der Waals surface area contributed by atoms with Crippen LogP contribution < -0.4 is 5.32 Å². The number of aliphatic hydroxyl groups is 1. The molecule has 0 radical (unpaired) electrons. The summed E-state index contributed by atoms with van der Waals surface area (Å²) in [6.45, 7) is 9.72. The van der Waals surface area contributed by atoms with Crippen LogP contribution in [0, 0.1) is 0 Å². The molecule has 0 aromatic heterocycles. The number of nitrogens with one attached hydrogen (secondary N) is 1. The Balaban J connectivity index is 0.00000116. The van der Waals surface area contributed by atoms with E-state index in [4.69, 9.17) is 0 Å². The molecule has 0 spiro atoms. The van der Waals surface area contributed by atoms with Gasteiger partial charge in [-0.2, -0.15) is 0 Å². The van der Waals surface area contributed by atoms with Crippen molar-refractivity contribution in [1.82, 2.24) is 10.2 Å². The summed E-state index contributed by atoms with van der Waals surface area (Å²) in [5.41, 5.74) is 2.04. The zero-order valence-corrected chi connectivity index (χ0v) is 14.1. The summed E-state index contributed by atoms with van der Waals surface area (Å²) in [5.74, 6) is 0.114. The van der Waals surface area contributed by atoms with E-state index in [0.717, 1.165) is 44.6 Å². The Morgan fingerprint density at radius 3 is 2.59 bits per heavy atom. The third kappa shape index (κ3) is 5.87. The molecule has 1 aliphatic heterocycles. The Labute approximate surface area is 134 Å². The van der Waals surface area contributed by atoms with E-state index in [0.29, 0.717) is 0 Å². The molecule has 1 aromatic carbocycles. The molecule has 0 aliphatic carbocycles. The van der Waals surface area contributed by atoms with Gasteiger partial charge in [-0.05, 0) is 31.9 Å². The van der Waals surface area contributed by atoms with Gasteiger partial charge in [0.25, 0.3) is 0 Å². The summed E-state index contributed by atoms with van der Waals surface area (Å²) in [7, 11) is 0. The number of Topliss-reactive ketones (excluding diaryl/α,β-unsaturated/α-hetero) is 1. The van der Waals surface area contributed by atoms with Gasteiger partial charge < -0.3 is 10.4 Å². The molecule has 4 nitrogen and oxygen atoms in total. The molecule has 4 heteroatoms. The number of hydrogen-bond donors (Lipinski definition) is 2. The molecule has 1 aromatic rings. The molecule has 1 saturated heterocycles. The van der Waals surface area contributed by atoms with Gasteiger partial charge in [-0.25, -0.2) is 0 Å². The van der Waals surface area contributed by atoms with Crippen LogP contribution in [0.15, 0.2) is 24.3 Å². The van der Waals surface area contributed by atoms with E-state index in [9.17, 15) is 9.90 Å². The van der Waals surface area contributed by atoms with E-state index in [1.165, 1.54) is 5.56 Å². The summed E-state index contributed by atoms with van der Waals surface area (Å²) < 4.78 is 0. The number of hydrogen-bond acceptors (Lipinski definition) is 4. The van der Waals surface area contributed by atoms with Crippen molar-refractivity contribution in [2.75, 3.05) is 32.8 Å². The van der Waals surface area contributed by atoms with Crippen LogP contribution in [0.4, 0.5) is 0 Å². The van der Waals surface area contributed by atoms with Gasteiger partial charge in [0, 0.05) is 31.2 Å². The van der Waals surface area contributed by atoms with Crippen LogP contribution in [0.2, 0.25) is 0 Å². The highest BCUT2D eigenvalue weighted by molar-refractivity contribution is 5.93. The predicted octanol–water partition coefficient (Wildman–Crippen LogP) is 2.11. The van der Waals surface area contributed by atoms with E-state index in [2.05, 4.69) is 10.2 Å². The van der Waals surface area contributed by atoms with Crippen molar-refractivity contribution in [2.45, 2.75) is 39.7 Å². The SMILES string of the molecule is CC.CC(=O)c1ccc(CCCN2CCNCC2CO)cc1. The minimum absolute atomic E-state index is 0.114. The highest BCUT2D eigenvalue weighted by Gasteiger charge is 2.20. The first-order valence-corrected chi connectivity index (χ1v) is 8.36. The largest absolute Gasteiger partial charge is 0.395 e. The van der Waals surface area contributed by atoms with Crippen molar-refractivity contribution in [2.24, 2.45) is 0 Å². The number of carbonyl (C=O) groups excluding carboxylic acids is 1. The molecular weight excluding hydrogens is 276 g/mol. The molecule has 1 atom stereocenters. The van der Waals surface area contributed by atoms with E-state index in [-0.39, 0.29) is 18.4 Å². The summed E-state index contributed by atoms with van der Waals surface area (Å²) in [5, 5.41) is 12.7. The van der Waals surface area contributed by atoms with Crippen LogP contribution in [0.25, 0.3) is 0 Å². The zero-order valence-electron chi connectivity index (χ0n) is 14.1. The third-order valence-corrected chi connectivity index (χ3v) is 3.95. The number of carbonyl (C=O) groups is 1. The Hall–Kier alpha value is -1.23. The number of rotatable bonds is 6. The smallest absolute Gasteiger partial charge is 0.159 e. The summed E-state index contributed by atoms with van der Waals surface area (Å²) >= 11 is 0. The number of ketones is 1. The van der Waals surface area contributed by atoms with Gasteiger partial charge in [0.15, 0.2) is 5.78 Å². The molecule has 1 unspecified atom stereocenters. The highest BCUT2D eigenvalue weighted by Crippen LogP contribution is 2.09. The lowest BCUT2D eigenvalue weighted by molar-refractivity contribution is 0.0997. The molecule has 1 fully saturated rings.